The highest BCUT2D eigenvalue weighted by atomic mass is 19.4. The number of aryl methyl sites for hydroxylation is 1. The molecule has 0 radical (unpaired) electrons. The summed E-state index contributed by atoms with van der Waals surface area (Å²) in [6, 6.07) is 4.70. The van der Waals surface area contributed by atoms with E-state index in [0.717, 1.165) is 17.8 Å². The van der Waals surface area contributed by atoms with Gasteiger partial charge in [0.25, 0.3) is 0 Å². The molecule has 1 unspecified atom stereocenters. The van der Waals surface area contributed by atoms with E-state index in [1.165, 1.54) is 12.1 Å². The van der Waals surface area contributed by atoms with Gasteiger partial charge in [0.15, 0.2) is 0 Å². The predicted molar refractivity (Wildman–Crippen MR) is 65.0 cm³/mol. The molecule has 1 aromatic carbocycles. The van der Waals surface area contributed by atoms with Crippen LogP contribution in [-0.4, -0.2) is 16.2 Å². The van der Waals surface area contributed by atoms with Gasteiger partial charge in [-0.1, -0.05) is 0 Å². The molecule has 3 rings (SSSR count). The summed E-state index contributed by atoms with van der Waals surface area (Å²) < 4.78 is 43.0. The van der Waals surface area contributed by atoms with Crippen LogP contribution in [0.1, 0.15) is 23.4 Å². The minimum absolute atomic E-state index is 0.304. The fraction of sp³-hybridized carbons (Fsp3) is 0.357. The number of benzene rings is 1. The van der Waals surface area contributed by atoms with Gasteiger partial charge in [0.1, 0.15) is 5.76 Å². The van der Waals surface area contributed by atoms with Gasteiger partial charge in [-0.3, -0.25) is 0 Å². The highest BCUT2D eigenvalue weighted by Crippen LogP contribution is 2.32. The summed E-state index contributed by atoms with van der Waals surface area (Å²) in [5.74, 6) is 0.927. The van der Waals surface area contributed by atoms with Gasteiger partial charge in [0.05, 0.1) is 17.4 Å². The summed E-state index contributed by atoms with van der Waals surface area (Å²) >= 11 is 0. The predicted octanol–water partition coefficient (Wildman–Crippen LogP) is 3.21. The van der Waals surface area contributed by atoms with Crippen molar-refractivity contribution in [1.82, 2.24) is 4.98 Å². The molecule has 3 nitrogen and oxygen atoms in total. The Bertz CT molecular complexity index is 616. The van der Waals surface area contributed by atoms with Crippen molar-refractivity contribution in [3.8, 4) is 11.5 Å². The second-order valence-electron chi connectivity index (χ2n) is 4.86. The third kappa shape index (κ3) is 2.43. The van der Waals surface area contributed by atoms with Crippen molar-refractivity contribution in [2.45, 2.75) is 31.5 Å². The molecule has 1 aromatic heterocycles. The summed E-state index contributed by atoms with van der Waals surface area (Å²) in [7, 11) is 0. The Labute approximate surface area is 113 Å². The number of aromatic nitrogens is 1. The first-order valence-electron chi connectivity index (χ1n) is 6.28. The lowest BCUT2D eigenvalue weighted by molar-refractivity contribution is -0.137. The number of aliphatic hydroxyl groups is 1. The topological polar surface area (TPSA) is 46.3 Å². The fourth-order valence-electron chi connectivity index (χ4n) is 2.28. The minimum atomic E-state index is -4.35. The minimum Gasteiger partial charge on any atom is -0.441 e. The molecule has 20 heavy (non-hydrogen) atoms. The first-order chi connectivity index (χ1) is 9.43. The van der Waals surface area contributed by atoms with Crippen LogP contribution in [0.15, 0.2) is 28.7 Å². The molecule has 1 heterocycles. The van der Waals surface area contributed by atoms with Crippen molar-refractivity contribution in [3.63, 3.8) is 0 Å². The van der Waals surface area contributed by atoms with Crippen LogP contribution in [0.5, 0.6) is 0 Å². The molecular formula is C14H12F3NO2. The summed E-state index contributed by atoms with van der Waals surface area (Å²) in [6.45, 7) is 0. The molecule has 0 amide bonds. The van der Waals surface area contributed by atoms with Crippen LogP contribution in [0.4, 0.5) is 13.2 Å². The highest BCUT2D eigenvalue weighted by Gasteiger charge is 2.30. The van der Waals surface area contributed by atoms with Crippen LogP contribution in [0.25, 0.3) is 11.5 Å². The maximum Gasteiger partial charge on any atom is 0.416 e. The number of hydrogen-bond acceptors (Lipinski definition) is 3. The summed E-state index contributed by atoms with van der Waals surface area (Å²) in [5.41, 5.74) is 0.583. The average Bonchev–Trinajstić information content (AvgIpc) is 2.80. The lowest BCUT2D eigenvalue weighted by atomic mass is 9.99. The van der Waals surface area contributed by atoms with Crippen LogP contribution in [0.2, 0.25) is 0 Å². The van der Waals surface area contributed by atoms with Crippen molar-refractivity contribution >= 4 is 0 Å². The number of fused-ring (bicyclic) bond motifs is 1. The Kier molecular flexibility index (Phi) is 3.05. The van der Waals surface area contributed by atoms with Crippen LogP contribution >= 0.6 is 0 Å². The van der Waals surface area contributed by atoms with E-state index < -0.39 is 17.8 Å². The van der Waals surface area contributed by atoms with E-state index in [4.69, 9.17) is 4.42 Å². The van der Waals surface area contributed by atoms with Gasteiger partial charge < -0.3 is 9.52 Å². The molecule has 1 N–H and O–H groups in total. The Morgan fingerprint density at radius 2 is 1.90 bits per heavy atom. The van der Waals surface area contributed by atoms with Crippen molar-refractivity contribution in [2.75, 3.05) is 0 Å². The fourth-order valence-corrected chi connectivity index (χ4v) is 2.28. The second kappa shape index (κ2) is 4.63. The number of oxazole rings is 1. The van der Waals surface area contributed by atoms with Gasteiger partial charge >= 0.3 is 6.18 Å². The van der Waals surface area contributed by atoms with E-state index in [1.54, 1.807) is 0 Å². The molecule has 6 heteroatoms. The zero-order chi connectivity index (χ0) is 14.3. The standard InChI is InChI=1S/C14H12F3NO2/c15-14(16,17)9-3-1-8(2-4-9)13-18-11-6-5-10(19)7-12(11)20-13/h1-4,10,19H,5-7H2. The van der Waals surface area contributed by atoms with E-state index in [0.29, 0.717) is 36.5 Å². The Morgan fingerprint density at radius 1 is 1.20 bits per heavy atom. The Hall–Kier alpha value is -1.82. The number of halogens is 3. The van der Waals surface area contributed by atoms with Crippen LogP contribution < -0.4 is 0 Å². The lowest BCUT2D eigenvalue weighted by Gasteiger charge is -2.13. The number of rotatable bonds is 1. The van der Waals surface area contributed by atoms with E-state index in [1.807, 2.05) is 0 Å². The second-order valence-corrected chi connectivity index (χ2v) is 4.86. The Morgan fingerprint density at radius 3 is 2.55 bits per heavy atom. The molecule has 0 saturated heterocycles. The van der Waals surface area contributed by atoms with Gasteiger partial charge in [-0.25, -0.2) is 4.98 Å². The van der Waals surface area contributed by atoms with E-state index in [9.17, 15) is 18.3 Å². The molecule has 0 saturated carbocycles. The summed E-state index contributed by atoms with van der Waals surface area (Å²) in [5, 5.41) is 9.55. The zero-order valence-electron chi connectivity index (χ0n) is 10.4. The maximum absolute atomic E-state index is 12.5. The average molecular weight is 283 g/mol. The van der Waals surface area contributed by atoms with Crippen molar-refractivity contribution < 1.29 is 22.7 Å². The molecule has 1 atom stereocenters. The summed E-state index contributed by atoms with van der Waals surface area (Å²) in [6.07, 6.45) is -3.12. The molecular weight excluding hydrogens is 271 g/mol. The zero-order valence-corrected chi connectivity index (χ0v) is 10.4. The van der Waals surface area contributed by atoms with Crippen molar-refractivity contribution in [2.24, 2.45) is 0 Å². The van der Waals surface area contributed by atoms with E-state index in [2.05, 4.69) is 4.98 Å². The molecule has 1 aliphatic carbocycles. The molecule has 1 aliphatic rings. The maximum atomic E-state index is 12.5. The van der Waals surface area contributed by atoms with Crippen LogP contribution in [-0.2, 0) is 19.0 Å². The monoisotopic (exact) mass is 283 g/mol. The van der Waals surface area contributed by atoms with Crippen LogP contribution in [0.3, 0.4) is 0 Å². The molecule has 0 fully saturated rings. The molecule has 0 bridgehead atoms. The largest absolute Gasteiger partial charge is 0.441 e. The van der Waals surface area contributed by atoms with Gasteiger partial charge in [-0.15, -0.1) is 0 Å². The molecule has 0 aliphatic heterocycles. The van der Waals surface area contributed by atoms with Crippen LogP contribution in [0, 0.1) is 0 Å². The normalized spacial score (nSPS) is 18.9. The quantitative estimate of drug-likeness (QED) is 0.874. The smallest absolute Gasteiger partial charge is 0.416 e. The van der Waals surface area contributed by atoms with Gasteiger partial charge in [-0.05, 0) is 37.1 Å². The SMILES string of the molecule is OC1CCc2nc(-c3ccc(C(F)(F)F)cc3)oc2C1. The molecule has 2 aromatic rings. The highest BCUT2D eigenvalue weighted by molar-refractivity contribution is 5.54. The lowest BCUT2D eigenvalue weighted by Crippen LogP contribution is -2.17. The Balaban J connectivity index is 1.90. The third-order valence-electron chi connectivity index (χ3n) is 3.37. The van der Waals surface area contributed by atoms with Gasteiger partial charge in [0.2, 0.25) is 5.89 Å². The first kappa shape index (κ1) is 13.2. The van der Waals surface area contributed by atoms with Crippen molar-refractivity contribution in [1.29, 1.82) is 0 Å². The van der Waals surface area contributed by atoms with Gasteiger partial charge in [0, 0.05) is 12.0 Å². The third-order valence-corrected chi connectivity index (χ3v) is 3.37. The number of nitrogens with zero attached hydrogens (tertiary/aromatic N) is 1. The molecule has 0 spiro atoms. The first-order valence-corrected chi connectivity index (χ1v) is 6.28. The molecule has 106 valence electrons. The van der Waals surface area contributed by atoms with E-state index in [-0.39, 0.29) is 0 Å². The van der Waals surface area contributed by atoms with E-state index >= 15 is 0 Å². The number of alkyl halides is 3. The summed E-state index contributed by atoms with van der Waals surface area (Å²) in [4.78, 5) is 4.29. The number of aliphatic hydroxyl groups excluding tert-OH is 1. The number of hydrogen-bond donors (Lipinski definition) is 1. The van der Waals surface area contributed by atoms with Crippen molar-refractivity contribution in [3.05, 3.63) is 41.3 Å². The van der Waals surface area contributed by atoms with Gasteiger partial charge in [-0.2, -0.15) is 13.2 Å².